The monoisotopic (exact) mass is 435 g/mol. The van der Waals surface area contributed by atoms with Crippen LogP contribution in [-0.2, 0) is 27.3 Å². The molecule has 0 radical (unpaired) electrons. The van der Waals surface area contributed by atoms with Gasteiger partial charge in [-0.25, -0.2) is 4.68 Å². The topological polar surface area (TPSA) is 89.4 Å². The Kier molecular flexibility index (Phi) is 8.10. The predicted octanol–water partition coefficient (Wildman–Crippen LogP) is 2.51. The van der Waals surface area contributed by atoms with Crippen molar-refractivity contribution in [1.29, 1.82) is 0 Å². The Morgan fingerprint density at radius 2 is 1.97 bits per heavy atom. The van der Waals surface area contributed by atoms with Crippen LogP contribution in [-0.4, -0.2) is 58.5 Å². The Morgan fingerprint density at radius 3 is 2.66 bits per heavy atom. The van der Waals surface area contributed by atoms with Crippen LogP contribution in [0.4, 0.5) is 0 Å². The molecular formula is C24H29N5O3. The number of ether oxygens (including phenoxy) is 1. The maximum atomic E-state index is 13.4. The Labute approximate surface area is 187 Å². The van der Waals surface area contributed by atoms with Gasteiger partial charge in [0, 0.05) is 20.2 Å². The van der Waals surface area contributed by atoms with Crippen molar-refractivity contribution in [3.63, 3.8) is 0 Å². The van der Waals surface area contributed by atoms with Crippen molar-refractivity contribution >= 4 is 22.8 Å². The van der Waals surface area contributed by atoms with Crippen LogP contribution in [0.1, 0.15) is 24.1 Å². The highest BCUT2D eigenvalue weighted by Crippen LogP contribution is 2.23. The molecule has 0 fully saturated rings. The molecule has 168 valence electrons. The maximum Gasteiger partial charge on any atom is 0.247 e. The first-order valence-corrected chi connectivity index (χ1v) is 10.6. The number of aryl methyl sites for hydroxylation is 1. The van der Waals surface area contributed by atoms with E-state index in [1.54, 1.807) is 17.9 Å². The van der Waals surface area contributed by atoms with Crippen LogP contribution >= 0.6 is 0 Å². The normalized spacial score (nSPS) is 11.8. The van der Waals surface area contributed by atoms with E-state index >= 15 is 0 Å². The standard InChI is InChI=1S/C24H29N5O3/c1-4-15-28(22(30)17-29-21-9-7-6-8-20(21)26-27-29)23(24(31)25-14-16-32-3)19-12-10-18(5-2)11-13-19/h4,6-13,23H,1,5,14-17H2,2-3H3,(H,25,31). The SMILES string of the molecule is C=CCN(C(=O)Cn1nnc2ccccc21)C(C(=O)NCCOC)c1ccc(CC)cc1. The molecule has 1 unspecified atom stereocenters. The smallest absolute Gasteiger partial charge is 0.247 e. The maximum absolute atomic E-state index is 13.4. The number of hydrogen-bond donors (Lipinski definition) is 1. The highest BCUT2D eigenvalue weighted by molar-refractivity contribution is 5.89. The molecular weight excluding hydrogens is 406 g/mol. The van der Waals surface area contributed by atoms with Gasteiger partial charge in [0.1, 0.15) is 18.1 Å². The Bertz CT molecular complexity index is 1060. The minimum absolute atomic E-state index is 0.0384. The number of hydrogen-bond acceptors (Lipinski definition) is 5. The average molecular weight is 436 g/mol. The van der Waals surface area contributed by atoms with Crippen LogP contribution in [0.5, 0.6) is 0 Å². The van der Waals surface area contributed by atoms with Crippen LogP contribution in [0.3, 0.4) is 0 Å². The molecule has 0 saturated carbocycles. The third-order valence-electron chi connectivity index (χ3n) is 5.22. The van der Waals surface area contributed by atoms with E-state index < -0.39 is 6.04 Å². The summed E-state index contributed by atoms with van der Waals surface area (Å²) in [6.07, 6.45) is 2.51. The number of nitrogens with zero attached hydrogens (tertiary/aromatic N) is 4. The summed E-state index contributed by atoms with van der Waals surface area (Å²) in [5.74, 6) is -0.531. The summed E-state index contributed by atoms with van der Waals surface area (Å²) in [4.78, 5) is 28.1. The fourth-order valence-electron chi connectivity index (χ4n) is 3.52. The van der Waals surface area contributed by atoms with Crippen molar-refractivity contribution in [3.8, 4) is 0 Å². The summed E-state index contributed by atoms with van der Waals surface area (Å²) < 4.78 is 6.59. The molecule has 0 aliphatic carbocycles. The van der Waals surface area contributed by atoms with Gasteiger partial charge in [0.2, 0.25) is 11.8 Å². The molecule has 0 aliphatic rings. The molecule has 8 nitrogen and oxygen atoms in total. The molecule has 0 aliphatic heterocycles. The van der Waals surface area contributed by atoms with Crippen molar-refractivity contribution < 1.29 is 14.3 Å². The highest BCUT2D eigenvalue weighted by Gasteiger charge is 2.31. The minimum atomic E-state index is -0.807. The molecule has 8 heteroatoms. The van der Waals surface area contributed by atoms with Gasteiger partial charge in [0.15, 0.2) is 0 Å². The molecule has 0 spiro atoms. The zero-order chi connectivity index (χ0) is 22.9. The molecule has 0 bridgehead atoms. The van der Waals surface area contributed by atoms with Crippen molar-refractivity contribution in [2.24, 2.45) is 0 Å². The van der Waals surface area contributed by atoms with Crippen LogP contribution in [0.25, 0.3) is 11.0 Å². The van der Waals surface area contributed by atoms with Crippen LogP contribution in [0.2, 0.25) is 0 Å². The number of carbonyl (C=O) groups excluding carboxylic acids is 2. The van der Waals surface area contributed by atoms with Crippen LogP contribution in [0, 0.1) is 0 Å². The molecule has 1 aromatic heterocycles. The Hall–Kier alpha value is -3.52. The second-order valence-electron chi connectivity index (χ2n) is 7.35. The molecule has 1 N–H and O–H groups in total. The number of nitrogens with one attached hydrogen (secondary N) is 1. The Balaban J connectivity index is 1.92. The van der Waals surface area contributed by atoms with Crippen molar-refractivity contribution in [1.82, 2.24) is 25.2 Å². The van der Waals surface area contributed by atoms with E-state index in [1.165, 1.54) is 4.90 Å². The quantitative estimate of drug-likeness (QED) is 0.369. The van der Waals surface area contributed by atoms with Gasteiger partial charge in [0.05, 0.1) is 12.1 Å². The van der Waals surface area contributed by atoms with Gasteiger partial charge < -0.3 is 15.0 Å². The summed E-state index contributed by atoms with van der Waals surface area (Å²) in [6, 6.07) is 14.4. The van der Waals surface area contributed by atoms with Crippen molar-refractivity contribution in [3.05, 3.63) is 72.3 Å². The number of fused-ring (bicyclic) bond motifs is 1. The first-order chi connectivity index (χ1) is 15.6. The Morgan fingerprint density at radius 1 is 1.22 bits per heavy atom. The van der Waals surface area contributed by atoms with Gasteiger partial charge >= 0.3 is 0 Å². The summed E-state index contributed by atoms with van der Waals surface area (Å²) in [5.41, 5.74) is 3.35. The molecule has 0 saturated heterocycles. The lowest BCUT2D eigenvalue weighted by Gasteiger charge is -2.30. The number of benzene rings is 2. The van der Waals surface area contributed by atoms with E-state index in [4.69, 9.17) is 4.74 Å². The van der Waals surface area contributed by atoms with Crippen LogP contribution < -0.4 is 5.32 Å². The zero-order valence-corrected chi connectivity index (χ0v) is 18.5. The highest BCUT2D eigenvalue weighted by atomic mass is 16.5. The molecule has 1 atom stereocenters. The van der Waals surface area contributed by atoms with Crippen LogP contribution in [0.15, 0.2) is 61.2 Å². The molecule has 2 aromatic carbocycles. The van der Waals surface area contributed by atoms with Crippen molar-refractivity contribution in [2.75, 3.05) is 26.8 Å². The lowest BCUT2D eigenvalue weighted by molar-refractivity contribution is -0.140. The predicted molar refractivity (Wildman–Crippen MR) is 123 cm³/mol. The first kappa shape index (κ1) is 23.1. The van der Waals surface area contributed by atoms with Gasteiger partial charge in [-0.05, 0) is 29.7 Å². The number of rotatable bonds is 11. The number of carbonyl (C=O) groups is 2. The fourth-order valence-corrected chi connectivity index (χ4v) is 3.52. The molecule has 3 rings (SSSR count). The van der Waals surface area contributed by atoms with E-state index in [9.17, 15) is 9.59 Å². The van der Waals surface area contributed by atoms with E-state index in [1.807, 2.05) is 48.5 Å². The molecule has 32 heavy (non-hydrogen) atoms. The average Bonchev–Trinajstić information content (AvgIpc) is 3.22. The van der Waals surface area contributed by atoms with E-state index in [0.717, 1.165) is 23.1 Å². The zero-order valence-electron chi connectivity index (χ0n) is 18.5. The summed E-state index contributed by atoms with van der Waals surface area (Å²) in [7, 11) is 1.57. The number of para-hydroxylation sites is 1. The van der Waals surface area contributed by atoms with Gasteiger partial charge in [-0.3, -0.25) is 9.59 Å². The van der Waals surface area contributed by atoms with Crippen molar-refractivity contribution in [2.45, 2.75) is 25.9 Å². The number of aromatic nitrogens is 3. The number of amides is 2. The van der Waals surface area contributed by atoms with Gasteiger partial charge in [-0.1, -0.05) is 54.6 Å². The van der Waals surface area contributed by atoms with Gasteiger partial charge in [-0.15, -0.1) is 11.7 Å². The minimum Gasteiger partial charge on any atom is -0.383 e. The summed E-state index contributed by atoms with van der Waals surface area (Å²) in [5, 5.41) is 11.1. The second kappa shape index (κ2) is 11.2. The number of methoxy groups -OCH3 is 1. The van der Waals surface area contributed by atoms with E-state index in [0.29, 0.717) is 18.7 Å². The second-order valence-corrected chi connectivity index (χ2v) is 7.35. The molecule has 3 aromatic rings. The largest absolute Gasteiger partial charge is 0.383 e. The molecule has 2 amide bonds. The fraction of sp³-hybridized carbons (Fsp3) is 0.333. The lowest BCUT2D eigenvalue weighted by atomic mass is 10.0. The lowest BCUT2D eigenvalue weighted by Crippen LogP contribution is -2.45. The van der Waals surface area contributed by atoms with Gasteiger partial charge in [-0.2, -0.15) is 0 Å². The third-order valence-corrected chi connectivity index (χ3v) is 5.22. The summed E-state index contributed by atoms with van der Waals surface area (Å²) in [6.45, 7) is 6.76. The molecule has 1 heterocycles. The van der Waals surface area contributed by atoms with E-state index in [-0.39, 0.29) is 24.9 Å². The first-order valence-electron chi connectivity index (χ1n) is 10.6. The summed E-state index contributed by atoms with van der Waals surface area (Å²) >= 11 is 0. The van der Waals surface area contributed by atoms with Gasteiger partial charge in [0.25, 0.3) is 0 Å². The third kappa shape index (κ3) is 5.39. The van der Waals surface area contributed by atoms with E-state index in [2.05, 4.69) is 29.1 Å².